The second-order valence-corrected chi connectivity index (χ2v) is 2.89. The fourth-order valence-electron chi connectivity index (χ4n) is 1.25. The van der Waals surface area contributed by atoms with E-state index in [4.69, 9.17) is 5.73 Å². The number of nitrogens with zero attached hydrogens (tertiary/aromatic N) is 1. The Morgan fingerprint density at radius 3 is 2.00 bits per heavy atom. The van der Waals surface area contributed by atoms with E-state index >= 15 is 0 Å². The molecule has 1 aliphatic heterocycles. The van der Waals surface area contributed by atoms with Gasteiger partial charge in [-0.25, -0.2) is 9.28 Å². The zero-order chi connectivity index (χ0) is 6.91. The van der Waals surface area contributed by atoms with Crippen LogP contribution in [0.3, 0.4) is 0 Å². The Kier molecular flexibility index (Phi) is 3.31. The molecular weight excluding hydrogens is 196 g/mol. The minimum Gasteiger partial charge on any atom is -1.00 e. The fraction of sp³-hybridized carbons (Fsp3) is 0.833. The number of urea groups is 1. The van der Waals surface area contributed by atoms with Gasteiger partial charge in [-0.3, -0.25) is 0 Å². The Labute approximate surface area is 71.5 Å². The Bertz CT molecular complexity index is 132. The molecule has 1 aliphatic rings. The summed E-state index contributed by atoms with van der Waals surface area (Å²) < 4.78 is 0.444. The number of hydrogen-bond donors (Lipinski definition) is 1. The van der Waals surface area contributed by atoms with Gasteiger partial charge in [-0.2, -0.15) is 0 Å². The number of carbonyl (C=O) groups excluding carboxylic acids is 1. The van der Waals surface area contributed by atoms with E-state index in [0.29, 0.717) is 4.48 Å². The van der Waals surface area contributed by atoms with Gasteiger partial charge < -0.3 is 22.7 Å². The van der Waals surface area contributed by atoms with E-state index in [1.165, 1.54) is 0 Å². The lowest BCUT2D eigenvalue weighted by atomic mass is 10.4. The van der Waals surface area contributed by atoms with Crippen molar-refractivity contribution < 1.29 is 26.3 Å². The Morgan fingerprint density at radius 2 is 1.80 bits per heavy atom. The monoisotopic (exact) mass is 208 g/mol. The number of halogens is 1. The molecule has 1 fully saturated rings. The number of rotatable bonds is 0. The average Bonchev–Trinajstić information content (AvgIpc) is 2.16. The lowest BCUT2D eigenvalue weighted by molar-refractivity contribution is -0.815. The molecule has 0 atom stereocenters. The van der Waals surface area contributed by atoms with E-state index in [2.05, 4.69) is 0 Å². The smallest absolute Gasteiger partial charge is 0.413 e. The van der Waals surface area contributed by atoms with Crippen LogP contribution in [0.25, 0.3) is 0 Å². The van der Waals surface area contributed by atoms with Gasteiger partial charge in [-0.1, -0.05) is 0 Å². The van der Waals surface area contributed by atoms with Crippen molar-refractivity contribution in [3.05, 3.63) is 0 Å². The van der Waals surface area contributed by atoms with Crippen LogP contribution in [-0.4, -0.2) is 30.7 Å². The minimum absolute atomic E-state index is 0. The molecule has 0 radical (unpaired) electrons. The molecule has 0 bridgehead atoms. The third-order valence-corrected chi connectivity index (χ3v) is 2.09. The van der Waals surface area contributed by atoms with E-state index in [9.17, 15) is 4.79 Å². The normalized spacial score (nSPS) is 21.7. The Morgan fingerprint density at radius 1 is 1.40 bits per heavy atom. The summed E-state index contributed by atoms with van der Waals surface area (Å²) in [4.78, 5) is 10.7. The lowest BCUT2D eigenvalue weighted by Crippen LogP contribution is -3.00. The largest absolute Gasteiger partial charge is 1.00 e. The highest BCUT2D eigenvalue weighted by atomic mass is 79.9. The van der Waals surface area contributed by atoms with E-state index in [1.54, 1.807) is 0 Å². The zero-order valence-electron chi connectivity index (χ0n) is 6.14. The minimum atomic E-state index is -0.187. The molecule has 0 aromatic heterocycles. The van der Waals surface area contributed by atoms with Crippen LogP contribution in [0.2, 0.25) is 0 Å². The van der Waals surface area contributed by atoms with Gasteiger partial charge in [0.15, 0.2) is 0 Å². The van der Waals surface area contributed by atoms with Crippen molar-refractivity contribution in [2.75, 3.05) is 20.1 Å². The summed E-state index contributed by atoms with van der Waals surface area (Å²) >= 11 is 0. The molecule has 1 heterocycles. The van der Waals surface area contributed by atoms with E-state index in [1.807, 2.05) is 7.05 Å². The van der Waals surface area contributed by atoms with Gasteiger partial charge in [-0.15, -0.1) is 0 Å². The molecule has 0 unspecified atom stereocenters. The van der Waals surface area contributed by atoms with E-state index in [0.717, 1.165) is 25.9 Å². The molecule has 3 nitrogen and oxygen atoms in total. The van der Waals surface area contributed by atoms with Crippen LogP contribution in [0.4, 0.5) is 4.79 Å². The average molecular weight is 209 g/mol. The molecule has 0 spiro atoms. The summed E-state index contributed by atoms with van der Waals surface area (Å²) in [6.07, 6.45) is 2.28. The SMILES string of the molecule is C[N+]1(C(N)=O)CCCC1.[Br-]. The second kappa shape index (κ2) is 3.34. The highest BCUT2D eigenvalue weighted by molar-refractivity contribution is 5.64. The summed E-state index contributed by atoms with van der Waals surface area (Å²) in [5.41, 5.74) is 5.17. The topological polar surface area (TPSA) is 43.1 Å². The fourth-order valence-corrected chi connectivity index (χ4v) is 1.25. The predicted molar refractivity (Wildman–Crippen MR) is 34.7 cm³/mol. The van der Waals surface area contributed by atoms with Crippen LogP contribution in [0.1, 0.15) is 12.8 Å². The molecule has 0 aromatic carbocycles. The van der Waals surface area contributed by atoms with Crippen molar-refractivity contribution in [1.82, 2.24) is 0 Å². The summed E-state index contributed by atoms with van der Waals surface area (Å²) in [7, 11) is 1.90. The van der Waals surface area contributed by atoms with Crippen LogP contribution >= 0.6 is 0 Å². The first kappa shape index (κ1) is 9.91. The van der Waals surface area contributed by atoms with Crippen LogP contribution < -0.4 is 22.7 Å². The van der Waals surface area contributed by atoms with Gasteiger partial charge in [0, 0.05) is 12.8 Å². The molecular formula is C6H13BrN2O. The maximum atomic E-state index is 10.7. The van der Waals surface area contributed by atoms with E-state index < -0.39 is 0 Å². The first-order valence-corrected chi connectivity index (χ1v) is 3.30. The highest BCUT2D eigenvalue weighted by Gasteiger charge is 2.32. The lowest BCUT2D eigenvalue weighted by Gasteiger charge is -2.22. The number of quaternary nitrogens is 1. The molecule has 1 rings (SSSR count). The number of nitrogens with two attached hydrogens (primary N) is 1. The second-order valence-electron chi connectivity index (χ2n) is 2.89. The van der Waals surface area contributed by atoms with Crippen molar-refractivity contribution in [2.45, 2.75) is 12.8 Å². The van der Waals surface area contributed by atoms with Gasteiger partial charge in [0.05, 0.1) is 20.1 Å². The van der Waals surface area contributed by atoms with Crippen molar-refractivity contribution in [3.8, 4) is 0 Å². The Hall–Kier alpha value is -0.0900. The first-order chi connectivity index (χ1) is 4.15. The molecule has 60 valence electrons. The summed E-state index contributed by atoms with van der Waals surface area (Å²) in [5, 5.41) is 0. The number of hydrogen-bond acceptors (Lipinski definition) is 1. The molecule has 1 saturated heterocycles. The summed E-state index contributed by atoms with van der Waals surface area (Å²) in [6.45, 7) is 1.85. The van der Waals surface area contributed by atoms with Crippen LogP contribution in [-0.2, 0) is 0 Å². The third-order valence-electron chi connectivity index (χ3n) is 2.09. The van der Waals surface area contributed by atoms with E-state index in [-0.39, 0.29) is 23.0 Å². The maximum absolute atomic E-state index is 10.7. The molecule has 10 heavy (non-hydrogen) atoms. The molecule has 2 N–H and O–H groups in total. The van der Waals surface area contributed by atoms with Crippen molar-refractivity contribution in [2.24, 2.45) is 5.73 Å². The highest BCUT2D eigenvalue weighted by Crippen LogP contribution is 2.14. The number of carbonyl (C=O) groups is 1. The number of likely N-dealkylation sites (tertiary alicyclic amines) is 1. The maximum Gasteiger partial charge on any atom is 0.413 e. The van der Waals surface area contributed by atoms with Gasteiger partial charge in [0.1, 0.15) is 0 Å². The summed E-state index contributed by atoms with van der Waals surface area (Å²) in [5.74, 6) is 0. The Balaban J connectivity index is 0.000000810. The van der Waals surface area contributed by atoms with Crippen molar-refractivity contribution in [1.29, 1.82) is 0 Å². The van der Waals surface area contributed by atoms with Crippen LogP contribution in [0.5, 0.6) is 0 Å². The van der Waals surface area contributed by atoms with Crippen LogP contribution in [0, 0.1) is 0 Å². The molecule has 0 aromatic rings. The molecule has 2 amide bonds. The number of primary amides is 1. The van der Waals surface area contributed by atoms with Gasteiger partial charge in [0.2, 0.25) is 0 Å². The van der Waals surface area contributed by atoms with Crippen LogP contribution in [0.15, 0.2) is 0 Å². The molecule has 0 aliphatic carbocycles. The zero-order valence-corrected chi connectivity index (χ0v) is 7.73. The van der Waals surface area contributed by atoms with Gasteiger partial charge in [-0.05, 0) is 0 Å². The molecule has 0 saturated carbocycles. The van der Waals surface area contributed by atoms with Crippen molar-refractivity contribution in [3.63, 3.8) is 0 Å². The quantitative estimate of drug-likeness (QED) is 0.434. The molecule has 4 heteroatoms. The standard InChI is InChI=1S/C6H12N2O.BrH/c1-8(6(7)9)4-2-3-5-8;/h2-5H2,1H3,(H-,7,9);1H. The first-order valence-electron chi connectivity index (χ1n) is 3.30. The van der Waals surface area contributed by atoms with Crippen molar-refractivity contribution >= 4 is 6.03 Å². The van der Waals surface area contributed by atoms with Gasteiger partial charge >= 0.3 is 6.03 Å². The number of amides is 2. The third kappa shape index (κ3) is 1.70. The summed E-state index contributed by atoms with van der Waals surface area (Å²) in [6, 6.07) is -0.187. The van der Waals surface area contributed by atoms with Gasteiger partial charge in [0.25, 0.3) is 0 Å². The predicted octanol–water partition coefficient (Wildman–Crippen LogP) is -2.69.